The van der Waals surface area contributed by atoms with Gasteiger partial charge in [-0.05, 0) is 19.1 Å². The van der Waals surface area contributed by atoms with Crippen molar-refractivity contribution in [3.05, 3.63) is 26.7 Å². The van der Waals surface area contributed by atoms with Gasteiger partial charge in [0.2, 0.25) is 10.0 Å². The summed E-state index contributed by atoms with van der Waals surface area (Å²) in [5.74, 6) is 0.0307. The third-order valence-corrected chi connectivity index (χ3v) is 6.40. The van der Waals surface area contributed by atoms with Crippen LogP contribution in [0.3, 0.4) is 0 Å². The summed E-state index contributed by atoms with van der Waals surface area (Å²) in [6, 6.07) is 2.89. The first-order chi connectivity index (χ1) is 8.65. The second-order valence-corrected chi connectivity index (χ2v) is 8.02. The van der Waals surface area contributed by atoms with E-state index in [1.807, 2.05) is 0 Å². The van der Waals surface area contributed by atoms with Crippen LogP contribution in [0.5, 0.6) is 0 Å². The summed E-state index contributed by atoms with van der Waals surface area (Å²) in [5.41, 5.74) is -0.984. The number of sulfonamides is 1. The first kappa shape index (κ1) is 17.8. The van der Waals surface area contributed by atoms with Crippen LogP contribution >= 0.6 is 62.3 Å². The Morgan fingerprint density at radius 2 is 1.63 bits per heavy atom. The zero-order valence-corrected chi connectivity index (χ0v) is 15.1. The predicted molar refractivity (Wildman–Crippen MR) is 84.3 cm³/mol. The van der Waals surface area contributed by atoms with Crippen molar-refractivity contribution in [2.24, 2.45) is 0 Å². The van der Waals surface area contributed by atoms with E-state index in [4.69, 9.17) is 46.4 Å². The molecule has 0 saturated heterocycles. The fourth-order valence-electron chi connectivity index (χ4n) is 1.25. The molecule has 0 fully saturated rings. The number of nitrogens with one attached hydrogen (secondary N) is 1. The van der Waals surface area contributed by atoms with Crippen LogP contribution < -0.4 is 4.72 Å². The molecule has 0 saturated carbocycles. The second kappa shape index (κ2) is 6.69. The Hall–Kier alpha value is 0.770. The molecule has 0 aromatic heterocycles. The van der Waals surface area contributed by atoms with Gasteiger partial charge in [0.05, 0.1) is 15.6 Å². The molecule has 0 aliphatic carbocycles. The molecule has 0 aliphatic rings. The van der Waals surface area contributed by atoms with Gasteiger partial charge in [0.25, 0.3) is 0 Å². The van der Waals surface area contributed by atoms with Crippen LogP contribution in [0.2, 0.25) is 10.0 Å². The minimum Gasteiger partial charge on any atom is -0.207 e. The van der Waals surface area contributed by atoms with Crippen LogP contribution in [0.1, 0.15) is 6.92 Å². The molecule has 9 heteroatoms. The molecule has 3 nitrogen and oxygen atoms in total. The van der Waals surface area contributed by atoms with Crippen LogP contribution in [-0.2, 0) is 10.0 Å². The Balaban J connectivity index is 3.29. The average Bonchev–Trinajstić information content (AvgIpc) is 2.26. The van der Waals surface area contributed by atoms with Crippen molar-refractivity contribution in [2.45, 2.75) is 17.4 Å². The molecular formula is C10H10BrCl4NO2S. The maximum Gasteiger partial charge on any atom is 0.244 e. The van der Waals surface area contributed by atoms with E-state index < -0.39 is 15.6 Å². The lowest BCUT2D eigenvalue weighted by Gasteiger charge is -2.26. The number of alkyl halides is 2. The molecule has 0 unspecified atom stereocenters. The average molecular weight is 430 g/mol. The molecule has 0 heterocycles. The van der Waals surface area contributed by atoms with E-state index in [1.54, 1.807) is 6.92 Å². The quantitative estimate of drug-likeness (QED) is 0.710. The Morgan fingerprint density at radius 3 is 2.00 bits per heavy atom. The largest absolute Gasteiger partial charge is 0.244 e. The van der Waals surface area contributed by atoms with Crippen molar-refractivity contribution in [1.29, 1.82) is 0 Å². The van der Waals surface area contributed by atoms with Crippen molar-refractivity contribution >= 4 is 72.4 Å². The summed E-state index contributed by atoms with van der Waals surface area (Å²) >= 11 is 26.5. The first-order valence-corrected chi connectivity index (χ1v) is 9.06. The van der Waals surface area contributed by atoms with Crippen LogP contribution in [0.15, 0.2) is 21.5 Å². The van der Waals surface area contributed by atoms with Crippen molar-refractivity contribution < 1.29 is 8.42 Å². The first-order valence-electron chi connectivity index (χ1n) is 4.95. The summed E-state index contributed by atoms with van der Waals surface area (Å²) in [4.78, 5) is -0.194. The molecule has 108 valence electrons. The SMILES string of the molecule is CC(CCl)(CCl)NS(=O)(=O)c1c(Cl)cc(Br)cc1Cl. The third-order valence-electron chi connectivity index (χ3n) is 2.20. The van der Waals surface area contributed by atoms with Crippen molar-refractivity contribution in [1.82, 2.24) is 4.72 Å². The zero-order valence-electron chi connectivity index (χ0n) is 9.68. The third kappa shape index (κ3) is 4.37. The lowest BCUT2D eigenvalue weighted by molar-refractivity contribution is 0.500. The molecule has 19 heavy (non-hydrogen) atoms. The maximum absolute atomic E-state index is 12.3. The Bertz CT molecular complexity index is 552. The van der Waals surface area contributed by atoms with Crippen LogP contribution in [0.4, 0.5) is 0 Å². The lowest BCUT2D eigenvalue weighted by Crippen LogP contribution is -2.49. The van der Waals surface area contributed by atoms with Gasteiger partial charge in [-0.15, -0.1) is 23.2 Å². The second-order valence-electron chi connectivity index (χ2n) is 4.13. The Labute approximate surface area is 140 Å². The molecule has 1 N–H and O–H groups in total. The molecule has 0 amide bonds. The summed E-state index contributed by atoms with van der Waals surface area (Å²) < 4.78 is 27.6. The highest BCUT2D eigenvalue weighted by Gasteiger charge is 2.32. The van der Waals surface area contributed by atoms with E-state index in [2.05, 4.69) is 20.7 Å². The fourth-order valence-corrected chi connectivity index (χ4v) is 5.17. The van der Waals surface area contributed by atoms with Crippen molar-refractivity contribution in [3.8, 4) is 0 Å². The zero-order chi connectivity index (χ0) is 14.8. The van der Waals surface area contributed by atoms with Crippen LogP contribution in [-0.4, -0.2) is 25.7 Å². The standard InChI is InChI=1S/C10H10BrCl4NO2S/c1-10(4-12,5-13)16-19(17,18)9-7(14)2-6(11)3-8(9)15/h2-3,16H,4-5H2,1H3. The summed E-state index contributed by atoms with van der Waals surface area (Å²) in [7, 11) is -3.92. The summed E-state index contributed by atoms with van der Waals surface area (Å²) in [6.45, 7) is 1.59. The molecule has 0 spiro atoms. The predicted octanol–water partition coefficient (Wildman–Crippen LogP) is 4.27. The van der Waals surface area contributed by atoms with E-state index in [9.17, 15) is 8.42 Å². The number of hydrogen-bond acceptors (Lipinski definition) is 2. The summed E-state index contributed by atoms with van der Waals surface area (Å²) in [5, 5.41) is 0.0248. The highest BCUT2D eigenvalue weighted by atomic mass is 79.9. The minimum absolute atomic E-state index is 0.0124. The lowest BCUT2D eigenvalue weighted by atomic mass is 10.1. The Morgan fingerprint density at radius 1 is 1.21 bits per heavy atom. The van der Waals surface area contributed by atoms with E-state index >= 15 is 0 Å². The fraction of sp³-hybridized carbons (Fsp3) is 0.400. The molecule has 1 aromatic carbocycles. The summed E-state index contributed by atoms with van der Waals surface area (Å²) in [6.07, 6.45) is 0. The van der Waals surface area contributed by atoms with Gasteiger partial charge in [-0.2, -0.15) is 0 Å². The molecule has 0 bridgehead atoms. The normalized spacial score (nSPS) is 12.7. The van der Waals surface area contributed by atoms with Crippen molar-refractivity contribution in [2.75, 3.05) is 11.8 Å². The van der Waals surface area contributed by atoms with Gasteiger partial charge in [-0.3, -0.25) is 0 Å². The van der Waals surface area contributed by atoms with Gasteiger partial charge in [0.15, 0.2) is 0 Å². The monoisotopic (exact) mass is 427 g/mol. The smallest absolute Gasteiger partial charge is 0.207 e. The molecular weight excluding hydrogens is 420 g/mol. The molecule has 0 aliphatic heterocycles. The number of halogens is 5. The van der Waals surface area contributed by atoms with Gasteiger partial charge >= 0.3 is 0 Å². The highest BCUT2D eigenvalue weighted by molar-refractivity contribution is 9.10. The maximum atomic E-state index is 12.3. The van der Waals surface area contributed by atoms with E-state index in [1.165, 1.54) is 12.1 Å². The van der Waals surface area contributed by atoms with E-state index in [0.717, 1.165) is 0 Å². The molecule has 1 rings (SSSR count). The molecule has 1 aromatic rings. The van der Waals surface area contributed by atoms with Gasteiger partial charge in [-0.25, -0.2) is 13.1 Å². The van der Waals surface area contributed by atoms with Gasteiger partial charge in [0.1, 0.15) is 4.90 Å². The molecule has 0 radical (unpaired) electrons. The van der Waals surface area contributed by atoms with Gasteiger partial charge in [-0.1, -0.05) is 39.1 Å². The number of hydrogen-bond donors (Lipinski definition) is 1. The molecule has 0 atom stereocenters. The van der Waals surface area contributed by atoms with Gasteiger partial charge in [0, 0.05) is 16.2 Å². The van der Waals surface area contributed by atoms with Crippen LogP contribution in [0.25, 0.3) is 0 Å². The van der Waals surface area contributed by atoms with E-state index in [-0.39, 0.29) is 26.7 Å². The van der Waals surface area contributed by atoms with Gasteiger partial charge < -0.3 is 0 Å². The minimum atomic E-state index is -3.92. The van der Waals surface area contributed by atoms with E-state index in [0.29, 0.717) is 4.47 Å². The van der Waals surface area contributed by atoms with Crippen molar-refractivity contribution in [3.63, 3.8) is 0 Å². The number of benzene rings is 1. The highest BCUT2D eigenvalue weighted by Crippen LogP contribution is 2.33. The van der Waals surface area contributed by atoms with Crippen LogP contribution in [0, 0.1) is 0 Å². The Kier molecular flexibility index (Phi) is 6.27. The number of rotatable bonds is 5. The topological polar surface area (TPSA) is 46.2 Å².